The third-order valence-corrected chi connectivity index (χ3v) is 5.07. The summed E-state index contributed by atoms with van der Waals surface area (Å²) >= 11 is 6.02. The molecule has 0 radical (unpaired) electrons. The number of imidazole rings is 1. The van der Waals surface area contributed by atoms with Crippen molar-refractivity contribution in [1.82, 2.24) is 18.7 Å². The molecule has 3 rings (SSSR count). The van der Waals surface area contributed by atoms with Gasteiger partial charge in [-0.2, -0.15) is 0 Å². The highest BCUT2D eigenvalue weighted by Crippen LogP contribution is 2.27. The number of esters is 1. The molecule has 2 aromatic heterocycles. The lowest BCUT2D eigenvalue weighted by Crippen LogP contribution is -2.37. The highest BCUT2D eigenvalue weighted by Gasteiger charge is 2.31. The van der Waals surface area contributed by atoms with Gasteiger partial charge in [0, 0.05) is 19.1 Å². The van der Waals surface area contributed by atoms with Crippen LogP contribution in [-0.4, -0.2) is 31.3 Å². The fourth-order valence-corrected chi connectivity index (χ4v) is 3.17. The molecule has 0 saturated heterocycles. The number of aryl methyl sites for hydroxylation is 1. The minimum Gasteiger partial charge on any atom is -0.463 e. The molecule has 0 aliphatic rings. The average molecular weight is 405 g/mol. The maximum atomic E-state index is 12.6. The predicted octanol–water partition coefficient (Wildman–Crippen LogP) is 1.61. The van der Waals surface area contributed by atoms with E-state index < -0.39 is 22.6 Å². The number of fused-ring (bicyclic) bond motifs is 1. The fourth-order valence-electron chi connectivity index (χ4n) is 2.98. The number of halogens is 1. The van der Waals surface area contributed by atoms with E-state index in [0.29, 0.717) is 10.7 Å². The number of nitrogens with zero attached hydrogens (tertiary/aromatic N) is 4. The second kappa shape index (κ2) is 7.27. The summed E-state index contributed by atoms with van der Waals surface area (Å²) in [5.74, 6) is -0.403. The second-order valence-electron chi connectivity index (χ2n) is 7.09. The molecule has 1 aromatic carbocycles. The van der Waals surface area contributed by atoms with E-state index in [4.69, 9.17) is 16.3 Å². The summed E-state index contributed by atoms with van der Waals surface area (Å²) in [5.41, 5.74) is -0.434. The first-order chi connectivity index (χ1) is 13.1. The van der Waals surface area contributed by atoms with E-state index >= 15 is 0 Å². The molecule has 9 heteroatoms. The van der Waals surface area contributed by atoms with Crippen molar-refractivity contribution in [3.8, 4) is 0 Å². The number of rotatable bonds is 5. The predicted molar refractivity (Wildman–Crippen MR) is 106 cm³/mol. The maximum Gasteiger partial charge on any atom is 0.332 e. The van der Waals surface area contributed by atoms with Crippen LogP contribution in [0.1, 0.15) is 19.4 Å². The molecule has 0 aliphatic carbocycles. The monoisotopic (exact) mass is 404 g/mol. The number of hydrogen-bond donors (Lipinski definition) is 0. The largest absolute Gasteiger partial charge is 0.463 e. The Hall–Kier alpha value is -2.87. The van der Waals surface area contributed by atoms with Gasteiger partial charge < -0.3 is 9.30 Å². The van der Waals surface area contributed by atoms with Gasteiger partial charge in [0.2, 0.25) is 0 Å². The Labute approximate surface area is 165 Å². The van der Waals surface area contributed by atoms with Crippen LogP contribution in [0.25, 0.3) is 11.2 Å². The van der Waals surface area contributed by atoms with E-state index in [9.17, 15) is 14.4 Å². The molecule has 3 aromatic rings. The van der Waals surface area contributed by atoms with Crippen LogP contribution < -0.4 is 11.2 Å². The number of aromatic nitrogens is 4. The van der Waals surface area contributed by atoms with Crippen molar-refractivity contribution in [3.05, 3.63) is 62.0 Å². The van der Waals surface area contributed by atoms with Gasteiger partial charge in [0.25, 0.3) is 5.56 Å². The zero-order valence-corrected chi connectivity index (χ0v) is 16.9. The zero-order valence-electron chi connectivity index (χ0n) is 16.1. The lowest BCUT2D eigenvalue weighted by molar-refractivity contribution is -0.149. The minimum atomic E-state index is -0.873. The van der Waals surface area contributed by atoms with E-state index in [1.54, 1.807) is 43.7 Å². The molecular formula is C19H21ClN4O4. The quantitative estimate of drug-likeness (QED) is 0.603. The molecule has 0 fully saturated rings. The molecule has 8 nitrogen and oxygen atoms in total. The summed E-state index contributed by atoms with van der Waals surface area (Å²) in [5, 5.41) is 0.546. The van der Waals surface area contributed by atoms with Crippen LogP contribution in [0.4, 0.5) is 0 Å². The molecule has 0 amide bonds. The van der Waals surface area contributed by atoms with Crippen LogP contribution in [0.2, 0.25) is 5.02 Å². The highest BCUT2D eigenvalue weighted by molar-refractivity contribution is 6.30. The van der Waals surface area contributed by atoms with Gasteiger partial charge in [-0.05, 0) is 31.5 Å². The van der Waals surface area contributed by atoms with E-state index in [1.807, 2.05) is 6.07 Å². The Bertz CT molecular complexity index is 1170. The first-order valence-corrected chi connectivity index (χ1v) is 9.06. The smallest absolute Gasteiger partial charge is 0.332 e. The van der Waals surface area contributed by atoms with Gasteiger partial charge in [0.05, 0.1) is 18.3 Å². The summed E-state index contributed by atoms with van der Waals surface area (Å²) in [4.78, 5) is 41.1. The van der Waals surface area contributed by atoms with Crippen molar-refractivity contribution in [3.63, 3.8) is 0 Å². The third kappa shape index (κ3) is 3.35. The summed E-state index contributed by atoms with van der Waals surface area (Å²) in [6, 6.07) is 7.08. The van der Waals surface area contributed by atoms with Gasteiger partial charge in [0.15, 0.2) is 11.2 Å². The highest BCUT2D eigenvalue weighted by atomic mass is 35.5. The Morgan fingerprint density at radius 2 is 1.93 bits per heavy atom. The van der Waals surface area contributed by atoms with Crippen molar-refractivity contribution >= 4 is 28.7 Å². The second-order valence-corrected chi connectivity index (χ2v) is 7.52. The number of carbonyl (C=O) groups excluding carboxylic acids is 1. The molecule has 0 unspecified atom stereocenters. The zero-order chi connectivity index (χ0) is 20.6. The van der Waals surface area contributed by atoms with E-state index in [2.05, 4.69) is 4.98 Å². The van der Waals surface area contributed by atoms with Crippen molar-refractivity contribution in [2.45, 2.75) is 25.8 Å². The van der Waals surface area contributed by atoms with E-state index in [1.165, 1.54) is 17.9 Å². The summed E-state index contributed by atoms with van der Waals surface area (Å²) in [7, 11) is 2.96. The summed E-state index contributed by atoms with van der Waals surface area (Å²) < 4.78 is 9.35. The first kappa shape index (κ1) is 19.9. The maximum absolute atomic E-state index is 12.6. The number of benzene rings is 1. The number of carbonyl (C=O) groups is 1. The summed E-state index contributed by atoms with van der Waals surface area (Å²) in [6.07, 6.45) is 1.46. The van der Waals surface area contributed by atoms with Crippen LogP contribution in [0, 0.1) is 0 Å². The molecule has 2 heterocycles. The Morgan fingerprint density at radius 3 is 2.61 bits per heavy atom. The fraction of sp³-hybridized carbons (Fsp3) is 0.368. The first-order valence-electron chi connectivity index (χ1n) is 8.68. The van der Waals surface area contributed by atoms with Crippen molar-refractivity contribution in [1.29, 1.82) is 0 Å². The lowest BCUT2D eigenvalue weighted by atomic mass is 9.85. The molecule has 0 N–H and O–H groups in total. The van der Waals surface area contributed by atoms with Gasteiger partial charge in [-0.15, -0.1) is 0 Å². The number of hydrogen-bond acceptors (Lipinski definition) is 5. The molecule has 0 saturated carbocycles. The molecule has 148 valence electrons. The van der Waals surface area contributed by atoms with Crippen molar-refractivity contribution in [2.75, 3.05) is 6.61 Å². The molecular weight excluding hydrogens is 384 g/mol. The third-order valence-electron chi connectivity index (χ3n) is 4.84. The van der Waals surface area contributed by atoms with Crippen LogP contribution in [0.5, 0.6) is 0 Å². The van der Waals surface area contributed by atoms with E-state index in [0.717, 1.165) is 10.1 Å². The van der Waals surface area contributed by atoms with Crippen LogP contribution >= 0.6 is 11.6 Å². The van der Waals surface area contributed by atoms with Crippen molar-refractivity contribution < 1.29 is 9.53 Å². The Morgan fingerprint density at radius 1 is 1.21 bits per heavy atom. The molecule has 28 heavy (non-hydrogen) atoms. The SMILES string of the molecule is Cn1c(=O)c2c(ncn2CCOC(=O)C(C)(C)c2cccc(Cl)c2)n(C)c1=O. The normalized spacial score (nSPS) is 11.8. The standard InChI is InChI=1S/C19H21ClN4O4/c1-19(2,12-6-5-7-13(20)10-12)17(26)28-9-8-24-11-21-15-14(24)16(25)23(4)18(27)22(15)3/h5-7,10-11H,8-9H2,1-4H3. The molecule has 0 atom stereocenters. The lowest BCUT2D eigenvalue weighted by Gasteiger charge is -2.23. The Kier molecular flexibility index (Phi) is 5.16. The molecule has 0 bridgehead atoms. The summed E-state index contributed by atoms with van der Waals surface area (Å²) in [6.45, 7) is 3.82. The average Bonchev–Trinajstić information content (AvgIpc) is 3.08. The topological polar surface area (TPSA) is 88.1 Å². The van der Waals surface area contributed by atoms with Crippen LogP contribution in [0.3, 0.4) is 0 Å². The van der Waals surface area contributed by atoms with Gasteiger partial charge in [-0.25, -0.2) is 9.78 Å². The van der Waals surface area contributed by atoms with Gasteiger partial charge >= 0.3 is 11.7 Å². The van der Waals surface area contributed by atoms with Gasteiger partial charge in [-0.1, -0.05) is 23.7 Å². The Balaban J connectivity index is 1.78. The molecule has 0 aliphatic heterocycles. The minimum absolute atomic E-state index is 0.0558. The van der Waals surface area contributed by atoms with Gasteiger partial charge in [-0.3, -0.25) is 18.7 Å². The number of ether oxygens (including phenoxy) is 1. The van der Waals surface area contributed by atoms with E-state index in [-0.39, 0.29) is 18.7 Å². The van der Waals surface area contributed by atoms with Gasteiger partial charge in [0.1, 0.15) is 6.61 Å². The molecule has 0 spiro atoms. The van der Waals surface area contributed by atoms with Crippen LogP contribution in [-0.2, 0) is 35.6 Å². The van der Waals surface area contributed by atoms with Crippen molar-refractivity contribution in [2.24, 2.45) is 14.1 Å². The van der Waals surface area contributed by atoms with Crippen LogP contribution in [0.15, 0.2) is 40.2 Å².